The van der Waals surface area contributed by atoms with E-state index >= 15 is 0 Å². The smallest absolute Gasteiger partial charge is 0.138 e. The Morgan fingerprint density at radius 1 is 0.846 bits per heavy atom. The maximum absolute atomic E-state index is 14.3. The van der Waals surface area contributed by atoms with Gasteiger partial charge in [-0.2, -0.15) is 0 Å². The van der Waals surface area contributed by atoms with Gasteiger partial charge in [0, 0.05) is 10.8 Å². The second-order valence-electron chi connectivity index (χ2n) is 7.29. The normalized spacial score (nSPS) is 15.3. The van der Waals surface area contributed by atoms with Crippen LogP contribution in [0.15, 0.2) is 77.2 Å². The molecule has 0 unspecified atom stereocenters. The van der Waals surface area contributed by atoms with E-state index in [2.05, 4.69) is 42.5 Å². The van der Waals surface area contributed by atoms with Crippen LogP contribution >= 0.6 is 0 Å². The van der Waals surface area contributed by atoms with Crippen molar-refractivity contribution in [2.75, 3.05) is 0 Å². The molecule has 3 aromatic carbocycles. The number of benzene rings is 3. The first kappa shape index (κ1) is 15.4. The van der Waals surface area contributed by atoms with Gasteiger partial charge in [-0.25, -0.2) is 4.39 Å². The fraction of sp³-hybridized carbons (Fsp3) is 0.167. The van der Waals surface area contributed by atoms with Crippen LogP contribution in [0.5, 0.6) is 0 Å². The molecule has 1 nitrogen and oxygen atoms in total. The van der Waals surface area contributed by atoms with Crippen LogP contribution in [0.1, 0.15) is 29.5 Å². The van der Waals surface area contributed by atoms with Crippen molar-refractivity contribution in [1.29, 1.82) is 0 Å². The number of fused-ring (bicyclic) bond motifs is 1. The van der Waals surface area contributed by atoms with Crippen LogP contribution in [0.2, 0.25) is 0 Å². The molecule has 2 heteroatoms. The van der Waals surface area contributed by atoms with Crippen LogP contribution in [0.25, 0.3) is 22.3 Å². The molecule has 1 aliphatic rings. The van der Waals surface area contributed by atoms with E-state index in [4.69, 9.17) is 4.42 Å². The molecular formula is C24H19FO. The predicted molar refractivity (Wildman–Crippen MR) is 103 cm³/mol. The summed E-state index contributed by atoms with van der Waals surface area (Å²) >= 11 is 0. The van der Waals surface area contributed by atoms with Crippen molar-refractivity contribution in [3.63, 3.8) is 0 Å². The Hall–Kier alpha value is -2.87. The molecule has 0 spiro atoms. The number of furan rings is 1. The molecular weight excluding hydrogens is 323 g/mol. The van der Waals surface area contributed by atoms with Crippen molar-refractivity contribution in [2.24, 2.45) is 0 Å². The van der Waals surface area contributed by atoms with Crippen LogP contribution in [-0.4, -0.2) is 0 Å². The first-order chi connectivity index (χ1) is 12.7. The lowest BCUT2D eigenvalue weighted by Gasteiger charge is -2.16. The molecule has 0 radical (unpaired) electrons. The molecule has 1 saturated carbocycles. The highest BCUT2D eigenvalue weighted by atomic mass is 19.1. The average Bonchev–Trinajstić information content (AvgIpc) is 3.36. The van der Waals surface area contributed by atoms with Gasteiger partial charge in [0.2, 0.25) is 0 Å². The topological polar surface area (TPSA) is 13.1 Å². The molecule has 0 atom stereocenters. The fourth-order valence-corrected chi connectivity index (χ4v) is 3.92. The van der Waals surface area contributed by atoms with Crippen LogP contribution in [0.3, 0.4) is 0 Å². The lowest BCUT2D eigenvalue weighted by Crippen LogP contribution is -2.07. The molecule has 1 fully saturated rings. The second kappa shape index (κ2) is 5.57. The van der Waals surface area contributed by atoms with E-state index in [1.165, 1.54) is 24.0 Å². The molecule has 128 valence electrons. The van der Waals surface area contributed by atoms with Gasteiger partial charge in [-0.3, -0.25) is 0 Å². The highest BCUT2D eigenvalue weighted by Crippen LogP contribution is 2.53. The fourth-order valence-electron chi connectivity index (χ4n) is 3.92. The van der Waals surface area contributed by atoms with Gasteiger partial charge in [0.25, 0.3) is 0 Å². The van der Waals surface area contributed by atoms with Crippen molar-refractivity contribution in [3.05, 3.63) is 95.3 Å². The monoisotopic (exact) mass is 342 g/mol. The standard InChI is InChI=1S/C24H19FO/c1-16-7-9-20(21(25)13-16)23-15-17-14-19(8-10-22(17)26-23)24(11-12-24)18-5-3-2-4-6-18/h2-10,13-15H,11-12H2,1H3. The quantitative estimate of drug-likeness (QED) is 0.407. The molecule has 0 N–H and O–H groups in total. The van der Waals surface area contributed by atoms with Gasteiger partial charge >= 0.3 is 0 Å². The maximum atomic E-state index is 14.3. The molecule has 26 heavy (non-hydrogen) atoms. The summed E-state index contributed by atoms with van der Waals surface area (Å²) in [6.07, 6.45) is 2.33. The van der Waals surface area contributed by atoms with E-state index in [0.29, 0.717) is 11.3 Å². The minimum atomic E-state index is -0.243. The van der Waals surface area contributed by atoms with Gasteiger partial charge in [-0.05, 0) is 66.8 Å². The molecule has 0 saturated heterocycles. The van der Waals surface area contributed by atoms with Gasteiger partial charge in [-0.15, -0.1) is 0 Å². The van der Waals surface area contributed by atoms with Crippen molar-refractivity contribution in [1.82, 2.24) is 0 Å². The summed E-state index contributed by atoms with van der Waals surface area (Å²) in [5.41, 5.74) is 5.02. The summed E-state index contributed by atoms with van der Waals surface area (Å²) < 4.78 is 20.2. The minimum absolute atomic E-state index is 0.127. The summed E-state index contributed by atoms with van der Waals surface area (Å²) in [6, 6.07) is 24.2. The first-order valence-corrected chi connectivity index (χ1v) is 9.02. The third-order valence-electron chi connectivity index (χ3n) is 5.54. The van der Waals surface area contributed by atoms with E-state index in [0.717, 1.165) is 16.5 Å². The Labute approximate surface area is 152 Å². The van der Waals surface area contributed by atoms with Crippen molar-refractivity contribution < 1.29 is 8.81 Å². The number of hydrogen-bond donors (Lipinski definition) is 0. The Kier molecular flexibility index (Phi) is 3.30. The van der Waals surface area contributed by atoms with Gasteiger partial charge in [0.1, 0.15) is 17.2 Å². The minimum Gasteiger partial charge on any atom is -0.456 e. The third-order valence-corrected chi connectivity index (χ3v) is 5.54. The summed E-state index contributed by atoms with van der Waals surface area (Å²) in [6.45, 7) is 1.89. The van der Waals surface area contributed by atoms with E-state index in [9.17, 15) is 4.39 Å². The number of aryl methyl sites for hydroxylation is 1. The van der Waals surface area contributed by atoms with Crippen molar-refractivity contribution in [2.45, 2.75) is 25.2 Å². The summed E-state index contributed by atoms with van der Waals surface area (Å²) in [5, 5.41) is 1.03. The number of hydrogen-bond acceptors (Lipinski definition) is 1. The maximum Gasteiger partial charge on any atom is 0.138 e. The molecule has 5 rings (SSSR count). The zero-order valence-electron chi connectivity index (χ0n) is 14.6. The van der Waals surface area contributed by atoms with Gasteiger partial charge in [0.05, 0.1) is 5.56 Å². The van der Waals surface area contributed by atoms with E-state index in [1.807, 2.05) is 25.1 Å². The zero-order chi connectivity index (χ0) is 17.7. The molecule has 0 aliphatic heterocycles. The van der Waals surface area contributed by atoms with Gasteiger partial charge in [-0.1, -0.05) is 42.5 Å². The average molecular weight is 342 g/mol. The lowest BCUT2D eigenvalue weighted by atomic mass is 9.87. The molecule has 0 amide bonds. The number of rotatable bonds is 3. The number of halogens is 1. The van der Waals surface area contributed by atoms with Crippen LogP contribution in [0, 0.1) is 12.7 Å². The van der Waals surface area contributed by atoms with E-state index in [1.54, 1.807) is 12.1 Å². The molecule has 1 heterocycles. The lowest BCUT2D eigenvalue weighted by molar-refractivity contribution is 0.601. The highest BCUT2D eigenvalue weighted by molar-refractivity contribution is 5.84. The van der Waals surface area contributed by atoms with Gasteiger partial charge < -0.3 is 4.42 Å². The Morgan fingerprint density at radius 3 is 2.38 bits per heavy atom. The molecule has 0 bridgehead atoms. The van der Waals surface area contributed by atoms with E-state index < -0.39 is 0 Å². The van der Waals surface area contributed by atoms with Crippen LogP contribution < -0.4 is 0 Å². The van der Waals surface area contributed by atoms with Crippen molar-refractivity contribution >= 4 is 11.0 Å². The van der Waals surface area contributed by atoms with Crippen LogP contribution in [-0.2, 0) is 5.41 Å². The van der Waals surface area contributed by atoms with Gasteiger partial charge in [0.15, 0.2) is 0 Å². The second-order valence-corrected chi connectivity index (χ2v) is 7.29. The van der Waals surface area contributed by atoms with E-state index in [-0.39, 0.29) is 11.2 Å². The SMILES string of the molecule is Cc1ccc(-c2cc3cc(C4(c5ccccc5)CC4)ccc3o2)c(F)c1. The van der Waals surface area contributed by atoms with Crippen molar-refractivity contribution in [3.8, 4) is 11.3 Å². The zero-order valence-corrected chi connectivity index (χ0v) is 14.6. The first-order valence-electron chi connectivity index (χ1n) is 9.02. The summed E-state index contributed by atoms with van der Waals surface area (Å²) in [4.78, 5) is 0. The highest BCUT2D eigenvalue weighted by Gasteiger charge is 2.45. The summed E-state index contributed by atoms with van der Waals surface area (Å²) in [5.74, 6) is 0.339. The van der Waals surface area contributed by atoms with Crippen LogP contribution in [0.4, 0.5) is 4.39 Å². The Balaban J connectivity index is 1.59. The Morgan fingerprint density at radius 2 is 1.65 bits per heavy atom. The molecule has 1 aromatic heterocycles. The molecule has 1 aliphatic carbocycles. The summed E-state index contributed by atoms with van der Waals surface area (Å²) in [7, 11) is 0. The third kappa shape index (κ3) is 2.37. The molecule has 4 aromatic rings. The largest absolute Gasteiger partial charge is 0.456 e. The Bertz CT molecular complexity index is 1100. The predicted octanol–water partition coefficient (Wildman–Crippen LogP) is 6.63.